The highest BCUT2D eigenvalue weighted by Gasteiger charge is 2.39. The third kappa shape index (κ3) is 4.86. The van der Waals surface area contributed by atoms with Gasteiger partial charge in [0.05, 0.1) is 11.8 Å². The van der Waals surface area contributed by atoms with E-state index < -0.39 is 0 Å². The molecule has 3 aliphatic rings. The Morgan fingerprint density at radius 1 is 1.13 bits per heavy atom. The van der Waals surface area contributed by atoms with Gasteiger partial charge in [0.25, 0.3) is 5.91 Å². The fourth-order valence-electron chi connectivity index (χ4n) is 4.72. The van der Waals surface area contributed by atoms with Crippen LogP contribution in [0.1, 0.15) is 49.4 Å². The fourth-order valence-corrected chi connectivity index (χ4v) is 4.72. The third-order valence-corrected chi connectivity index (χ3v) is 6.77. The second-order valence-electron chi connectivity index (χ2n) is 8.89. The summed E-state index contributed by atoms with van der Waals surface area (Å²) >= 11 is 0. The second-order valence-corrected chi connectivity index (χ2v) is 8.89. The predicted octanol–water partition coefficient (Wildman–Crippen LogP) is 1.47. The highest BCUT2D eigenvalue weighted by atomic mass is 16.5. The van der Waals surface area contributed by atoms with Crippen molar-refractivity contribution in [2.45, 2.75) is 57.7 Å². The molecule has 0 N–H and O–H groups in total. The van der Waals surface area contributed by atoms with E-state index >= 15 is 0 Å². The van der Waals surface area contributed by atoms with E-state index in [1.54, 1.807) is 15.8 Å². The number of rotatable bonds is 8. The van der Waals surface area contributed by atoms with Crippen LogP contribution in [0.4, 0.5) is 0 Å². The van der Waals surface area contributed by atoms with E-state index in [-0.39, 0.29) is 11.8 Å². The number of aryl methyl sites for hydroxylation is 1. The molecule has 0 spiro atoms. The molecule has 3 fully saturated rings. The highest BCUT2D eigenvalue weighted by molar-refractivity contribution is 5.93. The Morgan fingerprint density at radius 2 is 1.90 bits per heavy atom. The molecule has 1 aliphatic carbocycles. The maximum absolute atomic E-state index is 12.8. The summed E-state index contributed by atoms with van der Waals surface area (Å²) < 4.78 is 7.36. The second kappa shape index (κ2) is 9.47. The molecular formula is C22H35N5O3. The van der Waals surface area contributed by atoms with Gasteiger partial charge in [0.15, 0.2) is 0 Å². The van der Waals surface area contributed by atoms with Gasteiger partial charge in [-0.1, -0.05) is 0 Å². The van der Waals surface area contributed by atoms with Crippen LogP contribution in [0.5, 0.6) is 0 Å². The summed E-state index contributed by atoms with van der Waals surface area (Å²) in [5.74, 6) is 0.649. The number of hydrogen-bond donors (Lipinski definition) is 0. The number of carbonyl (C=O) groups excluding carboxylic acids is 2. The first-order valence-electron chi connectivity index (χ1n) is 11.5. The van der Waals surface area contributed by atoms with Gasteiger partial charge in [-0.3, -0.25) is 19.2 Å². The molecule has 1 aromatic heterocycles. The first-order chi connectivity index (χ1) is 14.6. The van der Waals surface area contributed by atoms with Crippen molar-refractivity contribution in [3.63, 3.8) is 0 Å². The minimum atomic E-state index is 0.0126. The molecule has 30 heavy (non-hydrogen) atoms. The van der Waals surface area contributed by atoms with Crippen LogP contribution in [0.2, 0.25) is 0 Å². The SMILES string of the molecule is CCn1cc(C(=O)N(C)CCN(C2CCOCC2)C2CCN(C(=O)C3CC3)C2)cn1. The maximum atomic E-state index is 12.8. The molecule has 2 saturated heterocycles. The highest BCUT2D eigenvalue weighted by Crippen LogP contribution is 2.33. The number of carbonyl (C=O) groups is 2. The Hall–Kier alpha value is -1.93. The minimum Gasteiger partial charge on any atom is -0.381 e. The molecule has 1 aromatic rings. The molecule has 1 saturated carbocycles. The molecule has 1 unspecified atom stereocenters. The zero-order valence-corrected chi connectivity index (χ0v) is 18.3. The Labute approximate surface area is 179 Å². The molecule has 0 bridgehead atoms. The lowest BCUT2D eigenvalue weighted by molar-refractivity contribution is -0.131. The van der Waals surface area contributed by atoms with Gasteiger partial charge in [-0.2, -0.15) is 5.10 Å². The average molecular weight is 418 g/mol. The van der Waals surface area contributed by atoms with Crippen molar-refractivity contribution in [2.75, 3.05) is 46.4 Å². The monoisotopic (exact) mass is 417 g/mol. The number of hydrogen-bond acceptors (Lipinski definition) is 5. The molecule has 166 valence electrons. The first kappa shape index (κ1) is 21.3. The van der Waals surface area contributed by atoms with Crippen molar-refractivity contribution in [1.29, 1.82) is 0 Å². The number of nitrogens with zero attached hydrogens (tertiary/aromatic N) is 5. The van der Waals surface area contributed by atoms with Crippen molar-refractivity contribution in [3.8, 4) is 0 Å². The fraction of sp³-hybridized carbons (Fsp3) is 0.773. The van der Waals surface area contributed by atoms with Gasteiger partial charge in [0.2, 0.25) is 5.91 Å². The summed E-state index contributed by atoms with van der Waals surface area (Å²) in [5.41, 5.74) is 0.638. The molecule has 4 rings (SSSR count). The summed E-state index contributed by atoms with van der Waals surface area (Å²) in [7, 11) is 1.87. The van der Waals surface area contributed by atoms with E-state index in [9.17, 15) is 9.59 Å². The lowest BCUT2D eigenvalue weighted by Gasteiger charge is -2.39. The van der Waals surface area contributed by atoms with E-state index in [1.165, 1.54) is 0 Å². The minimum absolute atomic E-state index is 0.0126. The molecule has 3 heterocycles. The molecule has 1 atom stereocenters. The number of aromatic nitrogens is 2. The molecule has 2 amide bonds. The number of likely N-dealkylation sites (tertiary alicyclic amines) is 1. The summed E-state index contributed by atoms with van der Waals surface area (Å²) in [6.45, 7) is 7.54. The van der Waals surface area contributed by atoms with Crippen LogP contribution in [0, 0.1) is 5.92 Å². The van der Waals surface area contributed by atoms with Crippen molar-refractivity contribution in [3.05, 3.63) is 18.0 Å². The Bertz CT molecular complexity index is 741. The molecule has 8 nitrogen and oxygen atoms in total. The standard InChI is InChI=1S/C22H35N5O3/c1-3-26-15-18(14-23-26)21(28)24(2)10-11-27(19-7-12-30-13-8-19)20-6-9-25(16-20)22(29)17-4-5-17/h14-15,17,19-20H,3-13,16H2,1-2H3. The summed E-state index contributed by atoms with van der Waals surface area (Å²) in [6, 6.07) is 0.841. The van der Waals surface area contributed by atoms with Crippen molar-refractivity contribution < 1.29 is 14.3 Å². The normalized spacial score (nSPS) is 22.6. The van der Waals surface area contributed by atoms with Crippen LogP contribution in [0.15, 0.2) is 12.4 Å². The zero-order valence-electron chi connectivity index (χ0n) is 18.3. The predicted molar refractivity (Wildman–Crippen MR) is 113 cm³/mol. The van der Waals surface area contributed by atoms with Gasteiger partial charge in [0.1, 0.15) is 0 Å². The largest absolute Gasteiger partial charge is 0.381 e. The van der Waals surface area contributed by atoms with Crippen LogP contribution < -0.4 is 0 Å². The number of amides is 2. The molecule has 2 aliphatic heterocycles. The topological polar surface area (TPSA) is 70.9 Å². The van der Waals surface area contributed by atoms with Crippen LogP contribution in [0.25, 0.3) is 0 Å². The molecule has 0 aromatic carbocycles. The van der Waals surface area contributed by atoms with Crippen molar-refractivity contribution in [2.24, 2.45) is 5.92 Å². The summed E-state index contributed by atoms with van der Waals surface area (Å²) in [6.07, 6.45) is 8.65. The zero-order chi connectivity index (χ0) is 21.1. The van der Waals surface area contributed by atoms with E-state index in [4.69, 9.17) is 4.74 Å². The quantitative estimate of drug-likeness (QED) is 0.641. The van der Waals surface area contributed by atoms with E-state index in [0.717, 1.165) is 71.5 Å². The van der Waals surface area contributed by atoms with Crippen LogP contribution in [-0.4, -0.2) is 94.8 Å². The lowest BCUT2D eigenvalue weighted by atomic mass is 10.0. The van der Waals surface area contributed by atoms with Crippen LogP contribution in [0.3, 0.4) is 0 Å². The smallest absolute Gasteiger partial charge is 0.256 e. The Morgan fingerprint density at radius 3 is 2.57 bits per heavy atom. The van der Waals surface area contributed by atoms with Crippen molar-refractivity contribution in [1.82, 2.24) is 24.5 Å². The molecular weight excluding hydrogens is 382 g/mol. The van der Waals surface area contributed by atoms with Gasteiger partial charge in [0, 0.05) is 77.2 Å². The van der Waals surface area contributed by atoms with Crippen LogP contribution >= 0.6 is 0 Å². The van der Waals surface area contributed by atoms with E-state index in [2.05, 4.69) is 14.9 Å². The summed E-state index contributed by atoms with van der Waals surface area (Å²) in [5, 5.41) is 4.22. The maximum Gasteiger partial charge on any atom is 0.256 e. The van der Waals surface area contributed by atoms with Gasteiger partial charge in [-0.05, 0) is 39.0 Å². The van der Waals surface area contributed by atoms with Gasteiger partial charge < -0.3 is 14.5 Å². The van der Waals surface area contributed by atoms with Crippen molar-refractivity contribution >= 4 is 11.8 Å². The Balaban J connectivity index is 1.37. The van der Waals surface area contributed by atoms with Gasteiger partial charge >= 0.3 is 0 Å². The lowest BCUT2D eigenvalue weighted by Crippen LogP contribution is -2.50. The molecule has 0 radical (unpaired) electrons. The van der Waals surface area contributed by atoms with Crippen LogP contribution in [-0.2, 0) is 16.1 Å². The van der Waals surface area contributed by atoms with E-state index in [0.29, 0.717) is 30.1 Å². The van der Waals surface area contributed by atoms with Gasteiger partial charge in [-0.15, -0.1) is 0 Å². The number of ether oxygens (including phenoxy) is 1. The molecule has 8 heteroatoms. The average Bonchev–Trinajstić information content (AvgIpc) is 3.32. The van der Waals surface area contributed by atoms with E-state index in [1.807, 2.05) is 20.2 Å². The summed E-state index contributed by atoms with van der Waals surface area (Å²) in [4.78, 5) is 31.7. The Kier molecular flexibility index (Phi) is 6.73. The first-order valence-corrected chi connectivity index (χ1v) is 11.5. The number of likely N-dealkylation sites (N-methyl/N-ethyl adjacent to an activating group) is 1. The van der Waals surface area contributed by atoms with Gasteiger partial charge in [-0.25, -0.2) is 0 Å². The third-order valence-electron chi connectivity index (χ3n) is 6.77.